The predicted octanol–water partition coefficient (Wildman–Crippen LogP) is 1.77. The summed E-state index contributed by atoms with van der Waals surface area (Å²) in [5.74, 6) is -0.396. The Morgan fingerprint density at radius 2 is 1.94 bits per heavy atom. The molecular formula is C13H14N2O3. The van der Waals surface area contributed by atoms with Crippen molar-refractivity contribution in [3.05, 3.63) is 45.2 Å². The minimum Gasteiger partial charge on any atom is -0.465 e. The molecular weight excluding hydrogens is 232 g/mol. The van der Waals surface area contributed by atoms with E-state index in [0.717, 1.165) is 11.1 Å². The normalized spacial score (nSPS) is 10.4. The molecule has 18 heavy (non-hydrogen) atoms. The maximum atomic E-state index is 11.5. The summed E-state index contributed by atoms with van der Waals surface area (Å²) in [4.78, 5) is 22.9. The summed E-state index contributed by atoms with van der Waals surface area (Å²) in [6, 6.07) is 5.24. The maximum Gasteiger partial charge on any atom is 0.337 e. The number of esters is 1. The van der Waals surface area contributed by atoms with Gasteiger partial charge in [0.1, 0.15) is 0 Å². The molecule has 0 saturated heterocycles. The summed E-state index contributed by atoms with van der Waals surface area (Å²) in [5, 5.41) is 5.35. The van der Waals surface area contributed by atoms with Crippen LogP contribution in [0.2, 0.25) is 0 Å². The molecule has 0 bridgehead atoms. The number of carbonyl (C=O) groups is 1. The van der Waals surface area contributed by atoms with Gasteiger partial charge in [0.15, 0.2) is 0 Å². The Bertz CT molecular complexity index is 652. The van der Waals surface area contributed by atoms with Crippen LogP contribution in [0, 0.1) is 13.8 Å². The van der Waals surface area contributed by atoms with Crippen molar-refractivity contribution in [3.8, 4) is 11.3 Å². The first kappa shape index (κ1) is 12.2. The van der Waals surface area contributed by atoms with E-state index < -0.39 is 5.97 Å². The van der Waals surface area contributed by atoms with Crippen LogP contribution in [0.5, 0.6) is 0 Å². The van der Waals surface area contributed by atoms with Gasteiger partial charge in [0.25, 0.3) is 5.56 Å². The zero-order chi connectivity index (χ0) is 13.3. The molecule has 1 heterocycles. The van der Waals surface area contributed by atoms with Gasteiger partial charge in [0.2, 0.25) is 0 Å². The molecule has 5 nitrogen and oxygen atoms in total. The Hall–Kier alpha value is -2.30. The number of aryl methyl sites for hydroxylation is 1. The van der Waals surface area contributed by atoms with Crippen LogP contribution in [-0.4, -0.2) is 23.3 Å². The molecule has 0 unspecified atom stereocenters. The molecule has 2 aromatic rings. The van der Waals surface area contributed by atoms with Crippen LogP contribution in [0.4, 0.5) is 0 Å². The number of rotatable bonds is 2. The van der Waals surface area contributed by atoms with Crippen LogP contribution in [0.25, 0.3) is 11.3 Å². The van der Waals surface area contributed by atoms with E-state index >= 15 is 0 Å². The number of methoxy groups -OCH3 is 1. The Labute approximate surface area is 104 Å². The number of aromatic amines is 2. The standard InChI is InChI=1S/C13H14N2O3/c1-7-4-5-9(13(17)18-3)6-10(7)11-8(2)12(16)15-14-11/h4-6H,1-3H3,(H2,14,15,16). The lowest BCUT2D eigenvalue weighted by Gasteiger charge is -2.07. The van der Waals surface area contributed by atoms with Gasteiger partial charge in [-0.25, -0.2) is 4.79 Å². The molecule has 0 fully saturated rings. The molecule has 94 valence electrons. The Kier molecular flexibility index (Phi) is 3.06. The van der Waals surface area contributed by atoms with E-state index in [1.165, 1.54) is 7.11 Å². The van der Waals surface area contributed by atoms with E-state index in [-0.39, 0.29) is 5.56 Å². The largest absolute Gasteiger partial charge is 0.465 e. The van der Waals surface area contributed by atoms with E-state index in [9.17, 15) is 9.59 Å². The quantitative estimate of drug-likeness (QED) is 0.793. The lowest BCUT2D eigenvalue weighted by Crippen LogP contribution is -2.03. The monoisotopic (exact) mass is 246 g/mol. The Morgan fingerprint density at radius 1 is 1.22 bits per heavy atom. The number of ether oxygens (including phenoxy) is 1. The van der Waals surface area contributed by atoms with Gasteiger partial charge in [-0.2, -0.15) is 0 Å². The number of hydrogen-bond acceptors (Lipinski definition) is 3. The van der Waals surface area contributed by atoms with Crippen molar-refractivity contribution in [1.29, 1.82) is 0 Å². The Balaban J connectivity index is 2.60. The molecule has 0 atom stereocenters. The van der Waals surface area contributed by atoms with Crippen LogP contribution < -0.4 is 5.56 Å². The summed E-state index contributed by atoms with van der Waals surface area (Å²) in [6.45, 7) is 3.65. The van der Waals surface area contributed by atoms with Crippen LogP contribution in [0.15, 0.2) is 23.0 Å². The highest BCUT2D eigenvalue weighted by Gasteiger charge is 2.13. The molecule has 0 radical (unpaired) electrons. The fraction of sp³-hybridized carbons (Fsp3) is 0.231. The number of H-pyrrole nitrogens is 2. The van der Waals surface area contributed by atoms with Crippen molar-refractivity contribution >= 4 is 5.97 Å². The molecule has 0 saturated carbocycles. The number of aromatic nitrogens is 2. The molecule has 0 amide bonds. The van der Waals surface area contributed by atoms with Gasteiger partial charge in [0, 0.05) is 11.1 Å². The molecule has 0 spiro atoms. The highest BCUT2D eigenvalue weighted by molar-refractivity contribution is 5.91. The predicted molar refractivity (Wildman–Crippen MR) is 67.7 cm³/mol. The SMILES string of the molecule is COC(=O)c1ccc(C)c(-c2[nH][nH]c(=O)c2C)c1. The molecule has 0 aliphatic rings. The van der Waals surface area contributed by atoms with Gasteiger partial charge in [0.05, 0.1) is 18.4 Å². The number of carbonyl (C=O) groups excluding carboxylic acids is 1. The van der Waals surface area contributed by atoms with Crippen LogP contribution in [-0.2, 0) is 4.74 Å². The topological polar surface area (TPSA) is 75.0 Å². The van der Waals surface area contributed by atoms with Crippen molar-refractivity contribution in [2.75, 3.05) is 7.11 Å². The first-order valence-electron chi connectivity index (χ1n) is 5.51. The van der Waals surface area contributed by atoms with Gasteiger partial charge in [-0.1, -0.05) is 6.07 Å². The number of benzene rings is 1. The number of hydrogen-bond donors (Lipinski definition) is 2. The lowest BCUT2D eigenvalue weighted by molar-refractivity contribution is 0.0601. The van der Waals surface area contributed by atoms with Crippen LogP contribution in [0.1, 0.15) is 21.5 Å². The maximum absolute atomic E-state index is 11.5. The second kappa shape index (κ2) is 4.52. The zero-order valence-corrected chi connectivity index (χ0v) is 10.5. The summed E-state index contributed by atoms with van der Waals surface area (Å²) >= 11 is 0. The summed E-state index contributed by atoms with van der Waals surface area (Å²) in [6.07, 6.45) is 0. The highest BCUT2D eigenvalue weighted by Crippen LogP contribution is 2.24. The second-order valence-electron chi connectivity index (χ2n) is 4.10. The van der Waals surface area contributed by atoms with E-state index in [1.54, 1.807) is 19.1 Å². The summed E-state index contributed by atoms with van der Waals surface area (Å²) in [5.41, 5.74) is 3.38. The summed E-state index contributed by atoms with van der Waals surface area (Å²) < 4.78 is 4.68. The molecule has 1 aromatic heterocycles. The van der Waals surface area contributed by atoms with Gasteiger partial charge in [-0.3, -0.25) is 15.0 Å². The van der Waals surface area contributed by atoms with Crippen molar-refractivity contribution < 1.29 is 9.53 Å². The van der Waals surface area contributed by atoms with Gasteiger partial charge >= 0.3 is 5.97 Å². The van der Waals surface area contributed by atoms with Crippen LogP contribution in [0.3, 0.4) is 0 Å². The molecule has 0 aliphatic heterocycles. The van der Waals surface area contributed by atoms with Crippen molar-refractivity contribution in [2.45, 2.75) is 13.8 Å². The molecule has 5 heteroatoms. The van der Waals surface area contributed by atoms with E-state index in [4.69, 9.17) is 0 Å². The number of nitrogens with one attached hydrogen (secondary N) is 2. The van der Waals surface area contributed by atoms with Crippen LogP contribution >= 0.6 is 0 Å². The zero-order valence-electron chi connectivity index (χ0n) is 10.5. The Morgan fingerprint density at radius 3 is 2.50 bits per heavy atom. The van der Waals surface area contributed by atoms with E-state index in [1.807, 2.05) is 13.0 Å². The van der Waals surface area contributed by atoms with E-state index in [0.29, 0.717) is 16.8 Å². The molecule has 1 aromatic carbocycles. The first-order chi connectivity index (χ1) is 8.54. The van der Waals surface area contributed by atoms with Crippen molar-refractivity contribution in [2.24, 2.45) is 0 Å². The minimum absolute atomic E-state index is 0.159. The second-order valence-corrected chi connectivity index (χ2v) is 4.10. The van der Waals surface area contributed by atoms with Crippen molar-refractivity contribution in [3.63, 3.8) is 0 Å². The first-order valence-corrected chi connectivity index (χ1v) is 5.51. The smallest absolute Gasteiger partial charge is 0.337 e. The lowest BCUT2D eigenvalue weighted by atomic mass is 10.0. The van der Waals surface area contributed by atoms with E-state index in [2.05, 4.69) is 14.9 Å². The minimum atomic E-state index is -0.396. The average Bonchev–Trinajstić information content (AvgIpc) is 2.70. The molecule has 2 rings (SSSR count). The molecule has 0 aliphatic carbocycles. The fourth-order valence-electron chi connectivity index (χ4n) is 1.83. The highest BCUT2D eigenvalue weighted by atomic mass is 16.5. The van der Waals surface area contributed by atoms with Gasteiger partial charge in [-0.15, -0.1) is 0 Å². The third-order valence-electron chi connectivity index (χ3n) is 2.94. The third-order valence-corrected chi connectivity index (χ3v) is 2.94. The summed E-state index contributed by atoms with van der Waals surface area (Å²) in [7, 11) is 1.34. The third kappa shape index (κ3) is 1.95. The van der Waals surface area contributed by atoms with Gasteiger partial charge < -0.3 is 4.74 Å². The molecule has 2 N–H and O–H groups in total. The fourth-order valence-corrected chi connectivity index (χ4v) is 1.83. The van der Waals surface area contributed by atoms with Crippen molar-refractivity contribution in [1.82, 2.24) is 10.2 Å². The average molecular weight is 246 g/mol. The van der Waals surface area contributed by atoms with Gasteiger partial charge in [-0.05, 0) is 31.5 Å².